The first-order chi connectivity index (χ1) is 8.80. The van der Waals surface area contributed by atoms with Gasteiger partial charge in [0, 0.05) is 6.54 Å². The van der Waals surface area contributed by atoms with Gasteiger partial charge in [0.25, 0.3) is 0 Å². The molecule has 0 bridgehead atoms. The fourth-order valence-electron chi connectivity index (χ4n) is 2.35. The van der Waals surface area contributed by atoms with E-state index < -0.39 is 15.6 Å². The van der Waals surface area contributed by atoms with E-state index in [4.69, 9.17) is 10.9 Å². The molecule has 19 heavy (non-hydrogen) atoms. The van der Waals surface area contributed by atoms with Crippen LogP contribution in [-0.2, 0) is 10.0 Å². The second-order valence-electron chi connectivity index (χ2n) is 5.08. The van der Waals surface area contributed by atoms with Gasteiger partial charge in [-0.2, -0.15) is 0 Å². The van der Waals surface area contributed by atoms with Crippen LogP contribution in [0.15, 0.2) is 23.1 Å². The fourth-order valence-corrected chi connectivity index (χ4v) is 2.90. The molecular weight excluding hydrogens is 266 g/mol. The van der Waals surface area contributed by atoms with Crippen molar-refractivity contribution in [3.05, 3.63) is 18.2 Å². The molecule has 6 N–H and O–H groups in total. The lowest BCUT2D eigenvalue weighted by Crippen LogP contribution is -2.33. The zero-order valence-electron chi connectivity index (χ0n) is 10.6. The van der Waals surface area contributed by atoms with Crippen molar-refractivity contribution in [1.82, 2.24) is 0 Å². The number of nitrogens with two attached hydrogens (primary N) is 2. The first-order valence-electron chi connectivity index (χ1n) is 6.19. The summed E-state index contributed by atoms with van der Waals surface area (Å²) in [6, 6.07) is 4.27. The molecule has 0 atom stereocenters. The Kier molecular flexibility index (Phi) is 3.71. The SMILES string of the molecule is Nc1cc(S(N)(=O)=O)ccc1NCC1(O)CCCC1. The van der Waals surface area contributed by atoms with Gasteiger partial charge in [-0.15, -0.1) is 0 Å². The van der Waals surface area contributed by atoms with Gasteiger partial charge in [-0.05, 0) is 31.0 Å². The predicted octanol–water partition coefficient (Wildman–Crippen LogP) is 0.633. The molecule has 0 radical (unpaired) electrons. The van der Waals surface area contributed by atoms with E-state index in [1.54, 1.807) is 6.07 Å². The van der Waals surface area contributed by atoms with E-state index in [0.717, 1.165) is 25.7 Å². The van der Waals surface area contributed by atoms with E-state index in [-0.39, 0.29) is 4.90 Å². The number of rotatable bonds is 4. The van der Waals surface area contributed by atoms with Crippen LogP contribution in [0.25, 0.3) is 0 Å². The number of hydrogen-bond acceptors (Lipinski definition) is 5. The lowest BCUT2D eigenvalue weighted by Gasteiger charge is -2.23. The molecule has 0 aliphatic heterocycles. The Morgan fingerprint density at radius 1 is 1.32 bits per heavy atom. The highest BCUT2D eigenvalue weighted by Gasteiger charge is 2.30. The maximum absolute atomic E-state index is 11.2. The molecular formula is C12H19N3O3S. The number of sulfonamides is 1. The standard InChI is InChI=1S/C12H19N3O3S/c13-10-7-9(19(14,17)18)3-4-11(10)15-8-12(16)5-1-2-6-12/h3-4,7,15-16H,1-2,5-6,8,13H2,(H2,14,17,18). The van der Waals surface area contributed by atoms with Crippen LogP contribution in [0.3, 0.4) is 0 Å². The summed E-state index contributed by atoms with van der Waals surface area (Å²) >= 11 is 0. The van der Waals surface area contributed by atoms with Crippen LogP contribution in [0.2, 0.25) is 0 Å². The third kappa shape index (κ3) is 3.37. The number of nitrogens with one attached hydrogen (secondary N) is 1. The summed E-state index contributed by atoms with van der Waals surface area (Å²) in [6.45, 7) is 0.409. The number of anilines is 2. The van der Waals surface area contributed by atoms with Gasteiger partial charge in [-0.1, -0.05) is 12.8 Å². The van der Waals surface area contributed by atoms with E-state index >= 15 is 0 Å². The first kappa shape index (κ1) is 14.1. The molecule has 0 spiro atoms. The van der Waals surface area contributed by atoms with Crippen molar-refractivity contribution in [2.24, 2.45) is 5.14 Å². The van der Waals surface area contributed by atoms with E-state index in [0.29, 0.717) is 17.9 Å². The molecule has 1 fully saturated rings. The Bertz CT molecular complexity index is 566. The molecule has 0 amide bonds. The van der Waals surface area contributed by atoms with Crippen LogP contribution in [0.1, 0.15) is 25.7 Å². The van der Waals surface area contributed by atoms with Gasteiger partial charge in [0.1, 0.15) is 0 Å². The van der Waals surface area contributed by atoms with Crippen LogP contribution >= 0.6 is 0 Å². The van der Waals surface area contributed by atoms with Crippen LogP contribution in [-0.4, -0.2) is 25.7 Å². The Morgan fingerprint density at radius 3 is 2.47 bits per heavy atom. The number of hydrogen-bond donors (Lipinski definition) is 4. The number of nitrogen functional groups attached to an aromatic ring is 1. The maximum atomic E-state index is 11.2. The lowest BCUT2D eigenvalue weighted by atomic mass is 10.0. The zero-order chi connectivity index (χ0) is 14.1. The summed E-state index contributed by atoms with van der Waals surface area (Å²) in [5, 5.41) is 18.3. The lowest BCUT2D eigenvalue weighted by molar-refractivity contribution is 0.0615. The van der Waals surface area contributed by atoms with Crippen molar-refractivity contribution in [2.75, 3.05) is 17.6 Å². The molecule has 6 nitrogen and oxygen atoms in total. The van der Waals surface area contributed by atoms with Crippen LogP contribution in [0.4, 0.5) is 11.4 Å². The summed E-state index contributed by atoms with van der Waals surface area (Å²) in [5.41, 5.74) is 6.00. The van der Waals surface area contributed by atoms with Gasteiger partial charge in [0.05, 0.1) is 21.9 Å². The zero-order valence-corrected chi connectivity index (χ0v) is 11.4. The monoisotopic (exact) mass is 285 g/mol. The largest absolute Gasteiger partial charge is 0.397 e. The second-order valence-corrected chi connectivity index (χ2v) is 6.64. The molecule has 1 saturated carbocycles. The third-order valence-electron chi connectivity index (χ3n) is 3.49. The molecule has 0 unspecified atom stereocenters. The number of primary sulfonamides is 1. The summed E-state index contributed by atoms with van der Waals surface area (Å²) in [4.78, 5) is -0.0184. The van der Waals surface area contributed by atoms with Gasteiger partial charge in [-0.3, -0.25) is 0 Å². The van der Waals surface area contributed by atoms with Crippen LogP contribution < -0.4 is 16.2 Å². The molecule has 1 aromatic rings. The van der Waals surface area contributed by atoms with Crippen molar-refractivity contribution >= 4 is 21.4 Å². The van der Waals surface area contributed by atoms with Gasteiger partial charge in [-0.25, -0.2) is 13.6 Å². The third-order valence-corrected chi connectivity index (χ3v) is 4.40. The number of aliphatic hydroxyl groups is 1. The minimum Gasteiger partial charge on any atom is -0.397 e. The first-order valence-corrected chi connectivity index (χ1v) is 7.73. The summed E-state index contributed by atoms with van der Waals surface area (Å²) in [7, 11) is -3.74. The van der Waals surface area contributed by atoms with Gasteiger partial charge < -0.3 is 16.2 Å². The van der Waals surface area contributed by atoms with Gasteiger partial charge in [0.15, 0.2) is 0 Å². The highest BCUT2D eigenvalue weighted by Crippen LogP contribution is 2.30. The minimum absolute atomic E-state index is 0.0184. The van der Waals surface area contributed by atoms with Gasteiger partial charge >= 0.3 is 0 Å². The predicted molar refractivity (Wildman–Crippen MR) is 74.1 cm³/mol. The molecule has 0 aromatic heterocycles. The number of benzene rings is 1. The van der Waals surface area contributed by atoms with E-state index in [2.05, 4.69) is 5.32 Å². The van der Waals surface area contributed by atoms with Crippen molar-refractivity contribution < 1.29 is 13.5 Å². The maximum Gasteiger partial charge on any atom is 0.238 e. The Morgan fingerprint density at radius 2 is 1.95 bits per heavy atom. The average Bonchev–Trinajstić information content (AvgIpc) is 2.74. The van der Waals surface area contributed by atoms with E-state index in [1.807, 2.05) is 0 Å². The van der Waals surface area contributed by atoms with Crippen LogP contribution in [0.5, 0.6) is 0 Å². The normalized spacial score (nSPS) is 18.4. The van der Waals surface area contributed by atoms with Crippen molar-refractivity contribution in [2.45, 2.75) is 36.2 Å². The Labute approximate surface area is 112 Å². The summed E-state index contributed by atoms with van der Waals surface area (Å²) in [6.07, 6.45) is 3.60. The molecule has 106 valence electrons. The highest BCUT2D eigenvalue weighted by atomic mass is 32.2. The Hall–Kier alpha value is -1.31. The average molecular weight is 285 g/mol. The van der Waals surface area contributed by atoms with E-state index in [9.17, 15) is 13.5 Å². The highest BCUT2D eigenvalue weighted by molar-refractivity contribution is 7.89. The van der Waals surface area contributed by atoms with Crippen molar-refractivity contribution in [1.29, 1.82) is 0 Å². The van der Waals surface area contributed by atoms with Gasteiger partial charge in [0.2, 0.25) is 10.0 Å². The Balaban J connectivity index is 2.09. The van der Waals surface area contributed by atoms with Crippen molar-refractivity contribution in [3.8, 4) is 0 Å². The quantitative estimate of drug-likeness (QED) is 0.605. The summed E-state index contributed by atoms with van der Waals surface area (Å²) < 4.78 is 22.4. The molecule has 0 heterocycles. The molecule has 1 aromatic carbocycles. The molecule has 1 aliphatic carbocycles. The second kappa shape index (κ2) is 4.99. The smallest absolute Gasteiger partial charge is 0.238 e. The van der Waals surface area contributed by atoms with Crippen molar-refractivity contribution in [3.63, 3.8) is 0 Å². The summed E-state index contributed by atoms with van der Waals surface area (Å²) in [5.74, 6) is 0. The molecule has 0 saturated heterocycles. The molecule has 7 heteroatoms. The van der Waals surface area contributed by atoms with E-state index in [1.165, 1.54) is 12.1 Å². The molecule has 1 aliphatic rings. The minimum atomic E-state index is -3.74. The topological polar surface area (TPSA) is 118 Å². The fraction of sp³-hybridized carbons (Fsp3) is 0.500. The van der Waals surface area contributed by atoms with Crippen LogP contribution in [0, 0.1) is 0 Å². The molecule has 2 rings (SSSR count).